The number of morpholine rings is 1. The van der Waals surface area contributed by atoms with Crippen molar-refractivity contribution in [2.45, 2.75) is 12.5 Å². The number of aromatic nitrogens is 5. The summed E-state index contributed by atoms with van der Waals surface area (Å²) in [5.74, 6) is -0.294. The topological polar surface area (TPSA) is 99.2 Å². The number of ether oxygens (including phenoxy) is 1. The van der Waals surface area contributed by atoms with Crippen molar-refractivity contribution in [2.24, 2.45) is 0 Å². The van der Waals surface area contributed by atoms with E-state index in [4.69, 9.17) is 9.26 Å². The first-order valence-electron chi connectivity index (χ1n) is 10.1. The number of amides is 1. The fourth-order valence-corrected chi connectivity index (χ4v) is 3.85. The highest BCUT2D eigenvalue weighted by molar-refractivity contribution is 5.98. The third-order valence-electron chi connectivity index (χ3n) is 5.33. The van der Waals surface area contributed by atoms with Crippen LogP contribution < -0.4 is 0 Å². The van der Waals surface area contributed by atoms with Gasteiger partial charge in [-0.1, -0.05) is 23.4 Å². The van der Waals surface area contributed by atoms with E-state index < -0.39 is 5.82 Å². The normalized spacial score (nSPS) is 16.3. The van der Waals surface area contributed by atoms with Gasteiger partial charge in [0.2, 0.25) is 12.2 Å². The lowest BCUT2D eigenvalue weighted by molar-refractivity contribution is -0.00166. The number of hydrogen-bond acceptors (Lipinski definition) is 7. The average molecular weight is 434 g/mol. The summed E-state index contributed by atoms with van der Waals surface area (Å²) in [7, 11) is 0. The van der Waals surface area contributed by atoms with Crippen molar-refractivity contribution < 1.29 is 18.4 Å². The van der Waals surface area contributed by atoms with Crippen LogP contribution in [0.2, 0.25) is 0 Å². The van der Waals surface area contributed by atoms with Crippen molar-refractivity contribution in [2.75, 3.05) is 19.8 Å². The van der Waals surface area contributed by atoms with Gasteiger partial charge in [-0.2, -0.15) is 20.0 Å². The second-order valence-electron chi connectivity index (χ2n) is 7.37. The molecule has 32 heavy (non-hydrogen) atoms. The zero-order chi connectivity index (χ0) is 21.9. The van der Waals surface area contributed by atoms with Crippen LogP contribution in [-0.2, 0) is 11.2 Å². The van der Waals surface area contributed by atoms with Gasteiger partial charge in [0.1, 0.15) is 5.82 Å². The van der Waals surface area contributed by atoms with E-state index in [2.05, 4.69) is 20.3 Å². The molecular formula is C22H19FN6O3. The van der Waals surface area contributed by atoms with Crippen molar-refractivity contribution >= 4 is 5.91 Å². The molecule has 1 aliphatic rings. The Kier molecular flexibility index (Phi) is 5.42. The third kappa shape index (κ3) is 4.00. The smallest absolute Gasteiger partial charge is 0.256 e. The Hall–Kier alpha value is -3.92. The molecule has 0 radical (unpaired) electrons. The number of hydrogen-bond donors (Lipinski definition) is 0. The zero-order valence-corrected chi connectivity index (χ0v) is 17.0. The monoisotopic (exact) mass is 434 g/mol. The van der Waals surface area contributed by atoms with Gasteiger partial charge < -0.3 is 14.2 Å². The first-order chi connectivity index (χ1) is 15.7. The van der Waals surface area contributed by atoms with Gasteiger partial charge in [0, 0.05) is 12.1 Å². The summed E-state index contributed by atoms with van der Waals surface area (Å²) in [5, 5.41) is 12.1. The largest absolute Gasteiger partial charge is 0.377 e. The summed E-state index contributed by atoms with van der Waals surface area (Å²) in [6, 6.07) is 11.5. The van der Waals surface area contributed by atoms with Gasteiger partial charge in [0.25, 0.3) is 5.91 Å². The highest BCUT2D eigenvalue weighted by atomic mass is 19.1. The zero-order valence-electron chi connectivity index (χ0n) is 17.0. The summed E-state index contributed by atoms with van der Waals surface area (Å²) in [4.78, 5) is 20.7. The van der Waals surface area contributed by atoms with E-state index in [1.54, 1.807) is 4.90 Å². The van der Waals surface area contributed by atoms with Gasteiger partial charge in [-0.15, -0.1) is 0 Å². The molecule has 3 heterocycles. The lowest BCUT2D eigenvalue weighted by atomic mass is 10.0. The van der Waals surface area contributed by atoms with E-state index in [9.17, 15) is 9.18 Å². The van der Waals surface area contributed by atoms with Gasteiger partial charge in [0.05, 0.1) is 42.9 Å². The van der Waals surface area contributed by atoms with Gasteiger partial charge in [0.15, 0.2) is 0 Å². The quantitative estimate of drug-likeness (QED) is 0.476. The summed E-state index contributed by atoms with van der Waals surface area (Å²) in [5.41, 5.74) is 2.44. The number of benzene rings is 2. The molecule has 1 unspecified atom stereocenters. The number of halogens is 1. The fraction of sp³-hybridized carbons (Fsp3) is 0.227. The van der Waals surface area contributed by atoms with Gasteiger partial charge in [-0.25, -0.2) is 4.39 Å². The van der Waals surface area contributed by atoms with Crippen LogP contribution in [0.3, 0.4) is 0 Å². The van der Waals surface area contributed by atoms with Crippen molar-refractivity contribution in [3.8, 4) is 17.1 Å². The lowest BCUT2D eigenvalue weighted by Crippen LogP contribution is -2.50. The van der Waals surface area contributed by atoms with Crippen LogP contribution >= 0.6 is 0 Å². The summed E-state index contributed by atoms with van der Waals surface area (Å²) in [6.45, 7) is 1.19. The van der Waals surface area contributed by atoms with Gasteiger partial charge >= 0.3 is 0 Å². The third-order valence-corrected chi connectivity index (χ3v) is 5.33. The van der Waals surface area contributed by atoms with E-state index in [0.29, 0.717) is 37.7 Å². The molecule has 0 N–H and O–H groups in total. The maximum absolute atomic E-state index is 14.1. The van der Waals surface area contributed by atoms with Gasteiger partial charge in [-0.3, -0.25) is 4.79 Å². The van der Waals surface area contributed by atoms with Crippen LogP contribution in [0.15, 0.2) is 65.8 Å². The van der Waals surface area contributed by atoms with Crippen molar-refractivity contribution in [1.82, 2.24) is 30.0 Å². The molecule has 0 spiro atoms. The maximum Gasteiger partial charge on any atom is 0.256 e. The Labute approximate surface area is 182 Å². The van der Waals surface area contributed by atoms with E-state index in [1.165, 1.54) is 41.8 Å². The Balaban J connectivity index is 1.43. The predicted octanol–water partition coefficient (Wildman–Crippen LogP) is 2.54. The number of nitrogens with zero attached hydrogens (tertiary/aromatic N) is 6. The molecule has 9 nitrogen and oxygen atoms in total. The Bertz CT molecular complexity index is 1210. The maximum atomic E-state index is 14.1. The molecule has 1 aliphatic heterocycles. The first-order valence-corrected chi connectivity index (χ1v) is 10.1. The Morgan fingerprint density at radius 3 is 2.84 bits per heavy atom. The van der Waals surface area contributed by atoms with Crippen LogP contribution in [0.25, 0.3) is 17.1 Å². The minimum atomic E-state index is -0.498. The molecule has 0 saturated carbocycles. The van der Waals surface area contributed by atoms with E-state index >= 15 is 0 Å². The lowest BCUT2D eigenvalue weighted by Gasteiger charge is -2.36. The van der Waals surface area contributed by atoms with Crippen molar-refractivity contribution in [1.29, 1.82) is 0 Å². The fourth-order valence-electron chi connectivity index (χ4n) is 3.85. The summed E-state index contributed by atoms with van der Waals surface area (Å²) < 4.78 is 24.6. The molecule has 0 aliphatic carbocycles. The molecule has 4 aromatic rings. The molecule has 0 bridgehead atoms. The average Bonchev–Trinajstić information content (AvgIpc) is 3.54. The SMILES string of the molecule is O=C(c1cc(F)ccc1-n1nccn1)N1CCOCC1Cc1cccc(-c2ncon2)c1. The second-order valence-corrected chi connectivity index (χ2v) is 7.37. The number of rotatable bonds is 5. The van der Waals surface area contributed by atoms with E-state index in [0.717, 1.165) is 11.1 Å². The van der Waals surface area contributed by atoms with E-state index in [1.807, 2.05) is 24.3 Å². The predicted molar refractivity (Wildman–Crippen MR) is 110 cm³/mol. The molecule has 1 atom stereocenters. The molecule has 1 amide bonds. The molecule has 162 valence electrons. The Morgan fingerprint density at radius 2 is 2.03 bits per heavy atom. The minimum absolute atomic E-state index is 0.202. The van der Waals surface area contributed by atoms with Crippen LogP contribution in [0, 0.1) is 5.82 Å². The first kappa shape index (κ1) is 20.0. The second kappa shape index (κ2) is 8.67. The number of carbonyl (C=O) groups is 1. The van der Waals surface area contributed by atoms with Crippen LogP contribution in [-0.4, -0.2) is 61.7 Å². The van der Waals surface area contributed by atoms with Crippen molar-refractivity contribution in [3.05, 3.63) is 78.2 Å². The van der Waals surface area contributed by atoms with Crippen LogP contribution in [0.5, 0.6) is 0 Å². The molecule has 5 rings (SSSR count). The van der Waals surface area contributed by atoms with Crippen LogP contribution in [0.4, 0.5) is 4.39 Å². The van der Waals surface area contributed by atoms with Crippen molar-refractivity contribution in [3.63, 3.8) is 0 Å². The summed E-state index contributed by atoms with van der Waals surface area (Å²) in [6.07, 6.45) is 4.85. The molecule has 1 fully saturated rings. The summed E-state index contributed by atoms with van der Waals surface area (Å²) >= 11 is 0. The standard InChI is InChI=1S/C22H19FN6O3/c23-17-4-5-20(29-25-6-7-26-29)19(12-17)22(30)28-8-9-31-13-18(28)11-15-2-1-3-16(10-15)21-24-14-32-27-21/h1-7,10,12,14,18H,8-9,11,13H2. The highest BCUT2D eigenvalue weighted by Gasteiger charge is 2.30. The molecule has 2 aromatic carbocycles. The van der Waals surface area contributed by atoms with Gasteiger partial charge in [-0.05, 0) is 36.2 Å². The van der Waals surface area contributed by atoms with Crippen LogP contribution in [0.1, 0.15) is 15.9 Å². The minimum Gasteiger partial charge on any atom is -0.377 e. The molecule has 1 saturated heterocycles. The molecule has 2 aromatic heterocycles. The number of carbonyl (C=O) groups excluding carboxylic acids is 1. The highest BCUT2D eigenvalue weighted by Crippen LogP contribution is 2.23. The van der Waals surface area contributed by atoms with E-state index in [-0.39, 0.29) is 17.5 Å². The molecule has 10 heteroatoms. The molecular weight excluding hydrogens is 415 g/mol. The Morgan fingerprint density at radius 1 is 1.16 bits per heavy atom.